The van der Waals surface area contributed by atoms with Crippen molar-refractivity contribution < 1.29 is 31.9 Å². The topological polar surface area (TPSA) is 78.5 Å². The lowest BCUT2D eigenvalue weighted by atomic mass is 10.0. The SMILES string of the molecule is O=C(CNC(=O)C1c2ccccc2C(=O)N1C1CC1)Nc1ccc(F)c(C(F)(F)F)c1. The number of nitrogens with zero attached hydrogens (tertiary/aromatic N) is 1. The molecule has 1 heterocycles. The molecule has 2 aliphatic rings. The molecule has 0 saturated heterocycles. The number of alkyl halides is 3. The van der Waals surface area contributed by atoms with Gasteiger partial charge in [-0.25, -0.2) is 4.39 Å². The van der Waals surface area contributed by atoms with Gasteiger partial charge in [0.05, 0.1) is 12.1 Å². The van der Waals surface area contributed by atoms with E-state index in [1.165, 1.54) is 4.90 Å². The second-order valence-electron chi connectivity index (χ2n) is 7.39. The van der Waals surface area contributed by atoms with Gasteiger partial charge in [0.1, 0.15) is 11.9 Å². The summed E-state index contributed by atoms with van der Waals surface area (Å²) in [5.41, 5.74) is -0.778. The average Bonchev–Trinajstić information content (AvgIpc) is 3.51. The Morgan fingerprint density at radius 1 is 1.10 bits per heavy atom. The van der Waals surface area contributed by atoms with Crippen LogP contribution < -0.4 is 10.6 Å². The van der Waals surface area contributed by atoms with Gasteiger partial charge in [0.25, 0.3) is 5.91 Å². The minimum Gasteiger partial charge on any atom is -0.345 e. The average molecular weight is 435 g/mol. The molecular weight excluding hydrogens is 418 g/mol. The van der Waals surface area contributed by atoms with Gasteiger partial charge in [0, 0.05) is 17.3 Å². The molecule has 3 amide bonds. The summed E-state index contributed by atoms with van der Waals surface area (Å²) >= 11 is 0. The molecular formula is C21H17F4N3O3. The second-order valence-corrected chi connectivity index (χ2v) is 7.39. The Morgan fingerprint density at radius 2 is 1.81 bits per heavy atom. The lowest BCUT2D eigenvalue weighted by Crippen LogP contribution is -2.42. The molecule has 10 heteroatoms. The summed E-state index contributed by atoms with van der Waals surface area (Å²) in [4.78, 5) is 39.1. The van der Waals surface area contributed by atoms with Crippen LogP contribution in [0.4, 0.5) is 23.2 Å². The van der Waals surface area contributed by atoms with Crippen molar-refractivity contribution >= 4 is 23.4 Å². The van der Waals surface area contributed by atoms with Gasteiger partial charge in [-0.3, -0.25) is 14.4 Å². The predicted octanol–water partition coefficient (Wildman–Crippen LogP) is 3.26. The van der Waals surface area contributed by atoms with Crippen molar-refractivity contribution in [3.05, 3.63) is 65.0 Å². The number of nitrogens with one attached hydrogen (secondary N) is 2. The smallest absolute Gasteiger partial charge is 0.345 e. The van der Waals surface area contributed by atoms with Crippen LogP contribution in [0.3, 0.4) is 0 Å². The summed E-state index contributed by atoms with van der Waals surface area (Å²) in [6.45, 7) is -0.525. The van der Waals surface area contributed by atoms with E-state index in [-0.39, 0.29) is 17.6 Å². The van der Waals surface area contributed by atoms with Crippen LogP contribution >= 0.6 is 0 Å². The molecule has 31 heavy (non-hydrogen) atoms. The molecule has 1 unspecified atom stereocenters. The van der Waals surface area contributed by atoms with Crippen LogP contribution in [-0.2, 0) is 15.8 Å². The van der Waals surface area contributed by atoms with Gasteiger partial charge in [0.2, 0.25) is 11.8 Å². The monoisotopic (exact) mass is 435 g/mol. The zero-order valence-electron chi connectivity index (χ0n) is 16.0. The first-order valence-corrected chi connectivity index (χ1v) is 9.52. The molecule has 1 atom stereocenters. The summed E-state index contributed by atoms with van der Waals surface area (Å²) in [7, 11) is 0. The van der Waals surface area contributed by atoms with Crippen molar-refractivity contribution in [1.82, 2.24) is 10.2 Å². The van der Waals surface area contributed by atoms with Crippen molar-refractivity contribution in [1.29, 1.82) is 0 Å². The van der Waals surface area contributed by atoms with Crippen LogP contribution in [0, 0.1) is 5.82 Å². The fourth-order valence-electron chi connectivity index (χ4n) is 3.62. The summed E-state index contributed by atoms with van der Waals surface area (Å²) in [6.07, 6.45) is -3.33. The fourth-order valence-corrected chi connectivity index (χ4v) is 3.62. The van der Waals surface area contributed by atoms with Crippen molar-refractivity contribution in [2.75, 3.05) is 11.9 Å². The fraction of sp³-hybridized carbons (Fsp3) is 0.286. The Labute approximate surface area is 174 Å². The Hall–Kier alpha value is -3.43. The Morgan fingerprint density at radius 3 is 2.48 bits per heavy atom. The minimum absolute atomic E-state index is 0.0375. The zero-order chi connectivity index (χ0) is 22.3. The summed E-state index contributed by atoms with van der Waals surface area (Å²) in [5, 5.41) is 4.63. The maximum Gasteiger partial charge on any atom is 0.419 e. The van der Waals surface area contributed by atoms with Crippen LogP contribution in [0.15, 0.2) is 42.5 Å². The number of carbonyl (C=O) groups excluding carboxylic acids is 3. The van der Waals surface area contributed by atoms with Gasteiger partial charge in [-0.2, -0.15) is 13.2 Å². The van der Waals surface area contributed by atoms with Gasteiger partial charge < -0.3 is 15.5 Å². The highest BCUT2D eigenvalue weighted by molar-refractivity contribution is 6.05. The van der Waals surface area contributed by atoms with E-state index < -0.39 is 42.0 Å². The summed E-state index contributed by atoms with van der Waals surface area (Å²) in [5.74, 6) is -3.05. The highest BCUT2D eigenvalue weighted by Crippen LogP contribution is 2.41. The quantitative estimate of drug-likeness (QED) is 0.708. The maximum atomic E-state index is 13.4. The van der Waals surface area contributed by atoms with Gasteiger partial charge in [-0.1, -0.05) is 18.2 Å². The number of amides is 3. The van der Waals surface area contributed by atoms with E-state index in [4.69, 9.17) is 0 Å². The van der Waals surface area contributed by atoms with E-state index in [1.54, 1.807) is 24.3 Å². The largest absolute Gasteiger partial charge is 0.419 e. The lowest BCUT2D eigenvalue weighted by molar-refractivity contribution is -0.140. The van der Waals surface area contributed by atoms with Crippen LogP contribution in [0.2, 0.25) is 0 Å². The standard InChI is InChI=1S/C21H17F4N3O3/c22-16-8-5-11(9-15(16)21(23,24)25)27-17(29)10-26-19(30)18-13-3-1-2-4-14(13)20(31)28(18)12-6-7-12/h1-5,8-9,12,18H,6-7,10H2,(H,26,30)(H,27,29). The number of hydrogen-bond donors (Lipinski definition) is 2. The Balaban J connectivity index is 1.43. The van der Waals surface area contributed by atoms with E-state index in [9.17, 15) is 31.9 Å². The highest BCUT2D eigenvalue weighted by Gasteiger charge is 2.47. The highest BCUT2D eigenvalue weighted by atomic mass is 19.4. The van der Waals surface area contributed by atoms with Crippen LogP contribution in [0.25, 0.3) is 0 Å². The van der Waals surface area contributed by atoms with E-state index >= 15 is 0 Å². The normalized spacial score (nSPS) is 18.0. The molecule has 6 nitrogen and oxygen atoms in total. The molecule has 0 aromatic heterocycles. The number of carbonyl (C=O) groups is 3. The predicted molar refractivity (Wildman–Crippen MR) is 101 cm³/mol. The zero-order valence-corrected chi connectivity index (χ0v) is 16.0. The van der Waals surface area contributed by atoms with Crippen molar-refractivity contribution in [3.8, 4) is 0 Å². The van der Waals surface area contributed by atoms with Gasteiger partial charge in [0.15, 0.2) is 0 Å². The molecule has 0 radical (unpaired) electrons. The van der Waals surface area contributed by atoms with Crippen molar-refractivity contribution in [3.63, 3.8) is 0 Å². The molecule has 0 spiro atoms. The van der Waals surface area contributed by atoms with Gasteiger partial charge in [-0.05, 0) is 42.7 Å². The van der Waals surface area contributed by atoms with Crippen LogP contribution in [0.1, 0.15) is 40.4 Å². The van der Waals surface area contributed by atoms with Crippen LogP contribution in [-0.4, -0.2) is 35.2 Å². The Kier molecular flexibility index (Phi) is 5.16. The van der Waals surface area contributed by atoms with Crippen LogP contribution in [0.5, 0.6) is 0 Å². The second kappa shape index (κ2) is 7.68. The van der Waals surface area contributed by atoms with Gasteiger partial charge >= 0.3 is 6.18 Å². The molecule has 1 aliphatic carbocycles. The number of halogens is 4. The van der Waals surface area contributed by atoms with E-state index in [0.717, 1.165) is 18.9 Å². The third kappa shape index (κ3) is 4.10. The molecule has 2 aromatic rings. The lowest BCUT2D eigenvalue weighted by Gasteiger charge is -2.24. The number of fused-ring (bicyclic) bond motifs is 1. The van der Waals surface area contributed by atoms with Crippen molar-refractivity contribution in [2.45, 2.75) is 31.1 Å². The maximum absolute atomic E-state index is 13.4. The van der Waals surface area contributed by atoms with Gasteiger partial charge in [-0.15, -0.1) is 0 Å². The molecule has 2 N–H and O–H groups in total. The molecule has 1 saturated carbocycles. The molecule has 2 aromatic carbocycles. The number of rotatable bonds is 5. The summed E-state index contributed by atoms with van der Waals surface area (Å²) < 4.78 is 51.8. The first-order chi connectivity index (χ1) is 14.7. The molecule has 1 fully saturated rings. The van der Waals surface area contributed by atoms with Crippen molar-refractivity contribution in [2.24, 2.45) is 0 Å². The van der Waals surface area contributed by atoms with E-state index in [1.807, 2.05) is 0 Å². The number of anilines is 1. The third-order valence-electron chi connectivity index (χ3n) is 5.17. The first kappa shape index (κ1) is 20.8. The minimum atomic E-state index is -4.91. The number of benzene rings is 2. The Bertz CT molecular complexity index is 1070. The van der Waals surface area contributed by atoms with E-state index in [0.29, 0.717) is 23.3 Å². The molecule has 4 rings (SSSR count). The number of hydrogen-bond acceptors (Lipinski definition) is 3. The third-order valence-corrected chi connectivity index (χ3v) is 5.17. The molecule has 162 valence electrons. The first-order valence-electron chi connectivity index (χ1n) is 9.52. The van der Waals surface area contributed by atoms with E-state index in [2.05, 4.69) is 10.6 Å². The molecule has 1 aliphatic heterocycles. The summed E-state index contributed by atoms with van der Waals surface area (Å²) in [6, 6.07) is 7.90. The molecule has 0 bridgehead atoms.